The highest BCUT2D eigenvalue weighted by atomic mass is 35.5. The molecule has 0 aliphatic carbocycles. The van der Waals surface area contributed by atoms with Gasteiger partial charge in [-0.25, -0.2) is 0 Å². The molecular weight excluding hydrogens is 412 g/mol. The maximum Gasteiger partial charge on any atom is 0.262 e. The van der Waals surface area contributed by atoms with Gasteiger partial charge in [-0.1, -0.05) is 59.1 Å². The summed E-state index contributed by atoms with van der Waals surface area (Å²) in [5.41, 5.74) is 5.18. The smallest absolute Gasteiger partial charge is 0.262 e. The molecule has 162 valence electrons. The summed E-state index contributed by atoms with van der Waals surface area (Å²) < 4.78 is 11.1. The molecule has 0 radical (unpaired) electrons. The second-order valence-electron chi connectivity index (χ2n) is 7.39. The average Bonchev–Trinajstić information content (AvgIpc) is 2.76. The van der Waals surface area contributed by atoms with Crippen molar-refractivity contribution < 1.29 is 14.3 Å². The number of amides is 1. The van der Waals surface area contributed by atoms with Crippen molar-refractivity contribution in [3.63, 3.8) is 0 Å². The van der Waals surface area contributed by atoms with Crippen molar-refractivity contribution in [3.8, 4) is 11.5 Å². The van der Waals surface area contributed by atoms with Crippen LogP contribution in [0.4, 0.5) is 5.69 Å². The molecule has 0 aromatic heterocycles. The minimum atomic E-state index is -0.258. The second-order valence-corrected chi connectivity index (χ2v) is 7.79. The normalized spacial score (nSPS) is 10.6. The molecule has 0 aliphatic rings. The maximum atomic E-state index is 12.2. The zero-order valence-corrected chi connectivity index (χ0v) is 18.8. The summed E-state index contributed by atoms with van der Waals surface area (Å²) in [7, 11) is 1.56. The molecule has 6 heteroatoms. The number of rotatable bonds is 9. The number of methoxy groups -OCH3 is 1. The van der Waals surface area contributed by atoms with Gasteiger partial charge in [0.05, 0.1) is 7.11 Å². The van der Waals surface area contributed by atoms with E-state index in [9.17, 15) is 4.79 Å². The standard InChI is InChI=1S/C25H27ClN2O3/c1-17-4-8-19(9-5-17)14-27-15-20-12-23(30-3)24(13-22(20)26)31-16-25(29)28-21-10-6-18(2)7-11-21/h4-13,27H,14-16H2,1-3H3,(H,28,29). The predicted octanol–water partition coefficient (Wildman–Crippen LogP) is 5.27. The molecule has 0 bridgehead atoms. The number of hydrogen-bond acceptors (Lipinski definition) is 4. The molecule has 3 aromatic rings. The van der Waals surface area contributed by atoms with Gasteiger partial charge >= 0.3 is 0 Å². The van der Waals surface area contributed by atoms with Gasteiger partial charge in [0.15, 0.2) is 18.1 Å². The summed E-state index contributed by atoms with van der Waals surface area (Å²) in [4.78, 5) is 12.2. The molecule has 0 saturated carbocycles. The predicted molar refractivity (Wildman–Crippen MR) is 125 cm³/mol. The molecule has 31 heavy (non-hydrogen) atoms. The van der Waals surface area contributed by atoms with E-state index in [-0.39, 0.29) is 12.5 Å². The van der Waals surface area contributed by atoms with Crippen molar-refractivity contribution in [2.75, 3.05) is 19.0 Å². The number of aryl methyl sites for hydroxylation is 2. The summed E-state index contributed by atoms with van der Waals surface area (Å²) in [6.45, 7) is 5.23. The van der Waals surface area contributed by atoms with Gasteiger partial charge in [-0.15, -0.1) is 0 Å². The summed E-state index contributed by atoms with van der Waals surface area (Å²) in [5, 5.41) is 6.73. The molecule has 0 spiro atoms. The van der Waals surface area contributed by atoms with Crippen molar-refractivity contribution in [2.45, 2.75) is 26.9 Å². The van der Waals surface area contributed by atoms with Gasteiger partial charge in [0.1, 0.15) is 0 Å². The van der Waals surface area contributed by atoms with E-state index in [0.29, 0.717) is 23.1 Å². The molecule has 0 heterocycles. The topological polar surface area (TPSA) is 59.6 Å². The number of ether oxygens (including phenoxy) is 2. The van der Waals surface area contributed by atoms with Crippen LogP contribution in [0.15, 0.2) is 60.7 Å². The third kappa shape index (κ3) is 6.74. The molecule has 3 rings (SSSR count). The van der Waals surface area contributed by atoms with Crippen LogP contribution in [0.1, 0.15) is 22.3 Å². The lowest BCUT2D eigenvalue weighted by Crippen LogP contribution is -2.20. The van der Waals surface area contributed by atoms with Crippen LogP contribution in [0, 0.1) is 13.8 Å². The van der Waals surface area contributed by atoms with Crippen LogP contribution in [-0.2, 0) is 17.9 Å². The molecule has 3 aromatic carbocycles. The molecule has 0 unspecified atom stereocenters. The van der Waals surface area contributed by atoms with Crippen molar-refractivity contribution >= 4 is 23.2 Å². The van der Waals surface area contributed by atoms with Gasteiger partial charge in [-0.3, -0.25) is 4.79 Å². The van der Waals surface area contributed by atoms with Gasteiger partial charge in [0.2, 0.25) is 0 Å². The molecular formula is C25H27ClN2O3. The summed E-state index contributed by atoms with van der Waals surface area (Å²) in [6.07, 6.45) is 0. The Bertz CT molecular complexity index is 1020. The van der Waals surface area contributed by atoms with E-state index in [1.54, 1.807) is 13.2 Å². The Balaban J connectivity index is 1.57. The van der Waals surface area contributed by atoms with Gasteiger partial charge in [0, 0.05) is 29.9 Å². The lowest BCUT2D eigenvalue weighted by molar-refractivity contribution is -0.118. The number of hydrogen-bond donors (Lipinski definition) is 2. The number of carbonyl (C=O) groups is 1. The summed E-state index contributed by atoms with van der Waals surface area (Å²) in [6, 6.07) is 19.5. The van der Waals surface area contributed by atoms with Crippen LogP contribution in [0.3, 0.4) is 0 Å². The Labute approximate surface area is 188 Å². The third-order valence-corrected chi connectivity index (χ3v) is 5.14. The van der Waals surface area contributed by atoms with Crippen molar-refractivity contribution in [1.29, 1.82) is 0 Å². The van der Waals surface area contributed by atoms with Crippen LogP contribution < -0.4 is 20.1 Å². The lowest BCUT2D eigenvalue weighted by Gasteiger charge is -2.14. The highest BCUT2D eigenvalue weighted by Gasteiger charge is 2.12. The SMILES string of the molecule is COc1cc(CNCc2ccc(C)cc2)c(Cl)cc1OCC(=O)Nc1ccc(C)cc1. The van der Waals surface area contributed by atoms with Gasteiger partial charge in [0.25, 0.3) is 5.91 Å². The average molecular weight is 439 g/mol. The summed E-state index contributed by atoms with van der Waals surface area (Å²) in [5.74, 6) is 0.694. The molecule has 0 aliphatic heterocycles. The van der Waals surface area contributed by atoms with Crippen LogP contribution in [-0.4, -0.2) is 19.6 Å². The van der Waals surface area contributed by atoms with E-state index in [0.717, 1.165) is 23.4 Å². The first-order valence-electron chi connectivity index (χ1n) is 10.1. The van der Waals surface area contributed by atoms with Crippen LogP contribution in [0.5, 0.6) is 11.5 Å². The van der Waals surface area contributed by atoms with Crippen molar-refractivity contribution in [1.82, 2.24) is 5.32 Å². The molecule has 1 amide bonds. The Morgan fingerprint density at radius 2 is 1.55 bits per heavy atom. The quantitative estimate of drug-likeness (QED) is 0.477. The van der Waals surface area contributed by atoms with Gasteiger partial charge < -0.3 is 20.1 Å². The molecule has 0 atom stereocenters. The number of benzene rings is 3. The number of anilines is 1. The first-order valence-corrected chi connectivity index (χ1v) is 10.4. The van der Waals surface area contributed by atoms with Gasteiger partial charge in [-0.05, 0) is 43.2 Å². The van der Waals surface area contributed by atoms with Crippen molar-refractivity contribution in [2.24, 2.45) is 0 Å². The zero-order chi connectivity index (χ0) is 22.2. The minimum Gasteiger partial charge on any atom is -0.493 e. The number of nitrogens with one attached hydrogen (secondary N) is 2. The largest absolute Gasteiger partial charge is 0.493 e. The third-order valence-electron chi connectivity index (χ3n) is 4.79. The second kappa shape index (κ2) is 10.8. The molecule has 0 saturated heterocycles. The van der Waals surface area contributed by atoms with Crippen molar-refractivity contribution in [3.05, 3.63) is 87.9 Å². The first kappa shape index (κ1) is 22.7. The van der Waals surface area contributed by atoms with E-state index in [1.807, 2.05) is 37.3 Å². The first-order chi connectivity index (χ1) is 14.9. The Hall–Kier alpha value is -3.02. The zero-order valence-electron chi connectivity index (χ0n) is 18.0. The highest BCUT2D eigenvalue weighted by molar-refractivity contribution is 6.31. The molecule has 2 N–H and O–H groups in total. The fourth-order valence-electron chi connectivity index (χ4n) is 3.01. The van der Waals surface area contributed by atoms with Crippen LogP contribution >= 0.6 is 11.6 Å². The minimum absolute atomic E-state index is 0.147. The Morgan fingerprint density at radius 1 is 0.903 bits per heavy atom. The summed E-state index contributed by atoms with van der Waals surface area (Å²) >= 11 is 6.44. The Kier molecular flexibility index (Phi) is 7.93. The molecule has 5 nitrogen and oxygen atoms in total. The number of carbonyl (C=O) groups excluding carboxylic acids is 1. The monoisotopic (exact) mass is 438 g/mol. The molecule has 0 fully saturated rings. The van der Waals surface area contributed by atoms with E-state index >= 15 is 0 Å². The van der Waals surface area contributed by atoms with Gasteiger partial charge in [-0.2, -0.15) is 0 Å². The van der Waals surface area contributed by atoms with Crippen LogP contribution in [0.2, 0.25) is 5.02 Å². The van der Waals surface area contributed by atoms with E-state index in [1.165, 1.54) is 11.1 Å². The van der Waals surface area contributed by atoms with E-state index in [2.05, 4.69) is 41.8 Å². The Morgan fingerprint density at radius 3 is 2.19 bits per heavy atom. The highest BCUT2D eigenvalue weighted by Crippen LogP contribution is 2.33. The fraction of sp³-hybridized carbons (Fsp3) is 0.240. The van der Waals surface area contributed by atoms with Crippen LogP contribution in [0.25, 0.3) is 0 Å². The number of halogens is 1. The van der Waals surface area contributed by atoms with E-state index in [4.69, 9.17) is 21.1 Å². The fourth-order valence-corrected chi connectivity index (χ4v) is 3.23. The van der Waals surface area contributed by atoms with E-state index < -0.39 is 0 Å². The maximum absolute atomic E-state index is 12.2. The lowest BCUT2D eigenvalue weighted by atomic mass is 10.1.